The second-order valence-electron chi connectivity index (χ2n) is 4.20. The van der Waals surface area contributed by atoms with E-state index in [4.69, 9.17) is 4.74 Å². The van der Waals surface area contributed by atoms with E-state index in [-0.39, 0.29) is 0 Å². The number of ether oxygens (including phenoxy) is 1. The van der Waals surface area contributed by atoms with Gasteiger partial charge < -0.3 is 4.74 Å². The van der Waals surface area contributed by atoms with Crippen LogP contribution in [-0.2, 0) is 9.53 Å². The van der Waals surface area contributed by atoms with Gasteiger partial charge in [-0.05, 0) is 19.4 Å². The zero-order valence-corrected chi connectivity index (χ0v) is 10.00. The van der Waals surface area contributed by atoms with E-state index in [9.17, 15) is 4.79 Å². The standard InChI is InChI=1S/C12H23NO2/c1-3-11(14)6-5-7-13-8-9-15-12(4-2)10-13/h12H,3-10H2,1-2H3. The summed E-state index contributed by atoms with van der Waals surface area (Å²) in [5, 5.41) is 0. The van der Waals surface area contributed by atoms with Gasteiger partial charge in [0.15, 0.2) is 0 Å². The lowest BCUT2D eigenvalue weighted by molar-refractivity contribution is -0.119. The van der Waals surface area contributed by atoms with Crippen LogP contribution in [0.15, 0.2) is 0 Å². The molecule has 1 aliphatic heterocycles. The van der Waals surface area contributed by atoms with Crippen LogP contribution in [0.4, 0.5) is 0 Å². The minimum Gasteiger partial charge on any atom is -0.376 e. The van der Waals surface area contributed by atoms with Crippen molar-refractivity contribution in [3.8, 4) is 0 Å². The average molecular weight is 213 g/mol. The quantitative estimate of drug-likeness (QED) is 0.674. The summed E-state index contributed by atoms with van der Waals surface area (Å²) in [6.07, 6.45) is 3.92. The van der Waals surface area contributed by atoms with E-state index in [2.05, 4.69) is 11.8 Å². The summed E-state index contributed by atoms with van der Waals surface area (Å²) in [4.78, 5) is 13.5. The Morgan fingerprint density at radius 3 is 2.93 bits per heavy atom. The smallest absolute Gasteiger partial charge is 0.132 e. The van der Waals surface area contributed by atoms with Crippen LogP contribution in [0.3, 0.4) is 0 Å². The van der Waals surface area contributed by atoms with Gasteiger partial charge in [0.2, 0.25) is 0 Å². The van der Waals surface area contributed by atoms with Crippen molar-refractivity contribution >= 4 is 5.78 Å². The summed E-state index contributed by atoms with van der Waals surface area (Å²) < 4.78 is 5.60. The normalized spacial score (nSPS) is 22.9. The number of rotatable bonds is 6. The summed E-state index contributed by atoms with van der Waals surface area (Å²) in [6.45, 7) is 8.05. The van der Waals surface area contributed by atoms with Gasteiger partial charge in [0, 0.05) is 25.9 Å². The highest BCUT2D eigenvalue weighted by Crippen LogP contribution is 2.09. The van der Waals surface area contributed by atoms with Crippen molar-refractivity contribution in [3.05, 3.63) is 0 Å². The Labute approximate surface area is 92.8 Å². The van der Waals surface area contributed by atoms with Gasteiger partial charge in [-0.15, -0.1) is 0 Å². The molecule has 0 radical (unpaired) electrons. The van der Waals surface area contributed by atoms with Crippen LogP contribution >= 0.6 is 0 Å². The lowest BCUT2D eigenvalue weighted by atomic mass is 10.1. The Morgan fingerprint density at radius 1 is 1.47 bits per heavy atom. The number of ketones is 1. The highest BCUT2D eigenvalue weighted by Gasteiger charge is 2.18. The molecular formula is C12H23NO2. The molecule has 1 unspecified atom stereocenters. The number of hydrogen-bond acceptors (Lipinski definition) is 3. The van der Waals surface area contributed by atoms with E-state index >= 15 is 0 Å². The third-order valence-corrected chi connectivity index (χ3v) is 3.00. The van der Waals surface area contributed by atoms with Crippen LogP contribution in [0, 0.1) is 0 Å². The van der Waals surface area contributed by atoms with Crippen molar-refractivity contribution in [2.75, 3.05) is 26.2 Å². The van der Waals surface area contributed by atoms with E-state index in [1.807, 2.05) is 6.92 Å². The molecule has 0 spiro atoms. The molecule has 0 aromatic rings. The van der Waals surface area contributed by atoms with Gasteiger partial charge in [-0.25, -0.2) is 0 Å². The second-order valence-corrected chi connectivity index (χ2v) is 4.20. The van der Waals surface area contributed by atoms with Crippen LogP contribution in [0.2, 0.25) is 0 Å². The SMILES string of the molecule is CCC(=O)CCCN1CCOC(CC)C1. The predicted molar refractivity (Wildman–Crippen MR) is 61.0 cm³/mol. The van der Waals surface area contributed by atoms with E-state index in [1.165, 1.54) is 0 Å². The number of nitrogens with zero attached hydrogens (tertiary/aromatic N) is 1. The van der Waals surface area contributed by atoms with Gasteiger partial charge in [0.05, 0.1) is 12.7 Å². The molecule has 1 aliphatic rings. The molecule has 0 aromatic carbocycles. The Balaban J connectivity index is 2.12. The first kappa shape index (κ1) is 12.7. The first-order valence-corrected chi connectivity index (χ1v) is 6.12. The zero-order valence-electron chi connectivity index (χ0n) is 10.00. The molecule has 1 saturated heterocycles. The van der Waals surface area contributed by atoms with Gasteiger partial charge in [-0.2, -0.15) is 0 Å². The molecule has 0 N–H and O–H groups in total. The molecule has 3 nitrogen and oxygen atoms in total. The highest BCUT2D eigenvalue weighted by molar-refractivity contribution is 5.77. The van der Waals surface area contributed by atoms with Crippen molar-refractivity contribution in [1.29, 1.82) is 0 Å². The number of carbonyl (C=O) groups is 1. The molecule has 15 heavy (non-hydrogen) atoms. The van der Waals surface area contributed by atoms with Gasteiger partial charge in [0.25, 0.3) is 0 Å². The lowest BCUT2D eigenvalue weighted by Crippen LogP contribution is -2.42. The largest absolute Gasteiger partial charge is 0.376 e. The third-order valence-electron chi connectivity index (χ3n) is 3.00. The molecule has 1 fully saturated rings. The van der Waals surface area contributed by atoms with Crippen LogP contribution in [-0.4, -0.2) is 43.0 Å². The van der Waals surface area contributed by atoms with Crippen LogP contribution in [0.5, 0.6) is 0 Å². The minimum atomic E-state index is 0.385. The van der Waals surface area contributed by atoms with Gasteiger partial charge in [-0.3, -0.25) is 9.69 Å². The molecule has 1 rings (SSSR count). The van der Waals surface area contributed by atoms with Crippen LogP contribution in [0.25, 0.3) is 0 Å². The molecule has 0 aliphatic carbocycles. The monoisotopic (exact) mass is 213 g/mol. The van der Waals surface area contributed by atoms with Crippen molar-refractivity contribution < 1.29 is 9.53 Å². The molecule has 1 atom stereocenters. The molecular weight excluding hydrogens is 190 g/mol. The second kappa shape index (κ2) is 6.96. The number of carbonyl (C=O) groups excluding carboxylic acids is 1. The molecule has 0 saturated carbocycles. The zero-order chi connectivity index (χ0) is 11.1. The number of Topliss-reactive ketones (excluding diaryl/α,β-unsaturated/α-hetero) is 1. The molecule has 3 heteroatoms. The van der Waals surface area contributed by atoms with Gasteiger partial charge >= 0.3 is 0 Å². The summed E-state index contributed by atoms with van der Waals surface area (Å²) in [6, 6.07) is 0. The summed E-state index contributed by atoms with van der Waals surface area (Å²) in [5.41, 5.74) is 0. The first-order valence-electron chi connectivity index (χ1n) is 6.12. The average Bonchev–Trinajstić information content (AvgIpc) is 2.29. The van der Waals surface area contributed by atoms with E-state index in [0.717, 1.165) is 45.5 Å². The molecule has 1 heterocycles. The maximum atomic E-state index is 11.1. The third kappa shape index (κ3) is 4.76. The van der Waals surface area contributed by atoms with E-state index < -0.39 is 0 Å². The van der Waals surface area contributed by atoms with Crippen LogP contribution in [0.1, 0.15) is 39.5 Å². The minimum absolute atomic E-state index is 0.385. The maximum Gasteiger partial charge on any atom is 0.132 e. The Hall–Kier alpha value is -0.410. The first-order chi connectivity index (χ1) is 7.26. The van der Waals surface area contributed by atoms with E-state index in [0.29, 0.717) is 18.3 Å². The van der Waals surface area contributed by atoms with Crippen molar-refractivity contribution in [1.82, 2.24) is 4.90 Å². The lowest BCUT2D eigenvalue weighted by Gasteiger charge is -2.32. The van der Waals surface area contributed by atoms with Crippen molar-refractivity contribution in [2.24, 2.45) is 0 Å². The molecule has 88 valence electrons. The Morgan fingerprint density at radius 2 is 2.27 bits per heavy atom. The predicted octanol–water partition coefficient (Wildman–Crippen LogP) is 1.86. The fourth-order valence-corrected chi connectivity index (χ4v) is 1.91. The van der Waals surface area contributed by atoms with Gasteiger partial charge in [0.1, 0.15) is 5.78 Å². The van der Waals surface area contributed by atoms with Crippen molar-refractivity contribution in [2.45, 2.75) is 45.6 Å². The molecule has 0 bridgehead atoms. The maximum absolute atomic E-state index is 11.1. The number of hydrogen-bond donors (Lipinski definition) is 0. The summed E-state index contributed by atoms with van der Waals surface area (Å²) in [7, 11) is 0. The molecule has 0 amide bonds. The fourth-order valence-electron chi connectivity index (χ4n) is 1.91. The van der Waals surface area contributed by atoms with Crippen LogP contribution < -0.4 is 0 Å². The topological polar surface area (TPSA) is 29.5 Å². The molecule has 0 aromatic heterocycles. The number of morpholine rings is 1. The summed E-state index contributed by atoms with van der Waals surface area (Å²) >= 11 is 0. The Bertz CT molecular complexity index is 194. The fraction of sp³-hybridized carbons (Fsp3) is 0.917. The Kier molecular flexibility index (Phi) is 5.88. The van der Waals surface area contributed by atoms with E-state index in [1.54, 1.807) is 0 Å². The summed E-state index contributed by atoms with van der Waals surface area (Å²) in [5.74, 6) is 0.385. The van der Waals surface area contributed by atoms with Crippen molar-refractivity contribution in [3.63, 3.8) is 0 Å². The highest BCUT2D eigenvalue weighted by atomic mass is 16.5. The van der Waals surface area contributed by atoms with Gasteiger partial charge in [-0.1, -0.05) is 13.8 Å².